The van der Waals surface area contributed by atoms with E-state index in [0.29, 0.717) is 5.01 Å². The van der Waals surface area contributed by atoms with Crippen molar-refractivity contribution in [1.82, 2.24) is 9.71 Å². The van der Waals surface area contributed by atoms with Gasteiger partial charge in [0.15, 0.2) is 0 Å². The van der Waals surface area contributed by atoms with Gasteiger partial charge >= 0.3 is 0 Å². The van der Waals surface area contributed by atoms with Gasteiger partial charge in [0.25, 0.3) is 0 Å². The Hall–Kier alpha value is -1.51. The minimum atomic E-state index is -3.86. The molecule has 0 spiro atoms. The van der Waals surface area contributed by atoms with Crippen LogP contribution in [0.4, 0.5) is 10.1 Å². The number of thiazole rings is 1. The van der Waals surface area contributed by atoms with E-state index in [4.69, 9.17) is 5.73 Å². The highest BCUT2D eigenvalue weighted by molar-refractivity contribution is 7.89. The standard InChI is InChI=1S/C12H14FN3O2S2/c1-2-8-6-15-11(19-8)7-16-20(17,18)10-5-3-4-9(13)12(10)14/h3-6,16H,2,7,14H2,1H3. The van der Waals surface area contributed by atoms with Crippen LogP contribution in [0.5, 0.6) is 0 Å². The number of nitrogen functional groups attached to an aromatic ring is 1. The molecule has 20 heavy (non-hydrogen) atoms. The molecule has 0 fully saturated rings. The van der Waals surface area contributed by atoms with Crippen molar-refractivity contribution < 1.29 is 12.8 Å². The van der Waals surface area contributed by atoms with Gasteiger partial charge in [-0.05, 0) is 18.6 Å². The number of nitrogens with two attached hydrogens (primary N) is 1. The second-order valence-electron chi connectivity index (χ2n) is 4.05. The van der Waals surface area contributed by atoms with Crippen LogP contribution >= 0.6 is 11.3 Å². The number of aryl methyl sites for hydroxylation is 1. The lowest BCUT2D eigenvalue weighted by Gasteiger charge is -2.08. The molecular weight excluding hydrogens is 301 g/mol. The molecule has 1 heterocycles. The Morgan fingerprint density at radius 1 is 1.45 bits per heavy atom. The number of para-hydroxylation sites is 1. The van der Waals surface area contributed by atoms with Crippen molar-refractivity contribution in [2.45, 2.75) is 24.8 Å². The molecule has 0 atom stereocenters. The number of rotatable bonds is 5. The van der Waals surface area contributed by atoms with Gasteiger partial charge in [0.1, 0.15) is 15.7 Å². The summed E-state index contributed by atoms with van der Waals surface area (Å²) in [5.74, 6) is -0.754. The maximum Gasteiger partial charge on any atom is 0.243 e. The summed E-state index contributed by atoms with van der Waals surface area (Å²) in [6, 6.07) is 3.68. The van der Waals surface area contributed by atoms with Crippen molar-refractivity contribution >= 4 is 27.0 Å². The van der Waals surface area contributed by atoms with Gasteiger partial charge in [0.05, 0.1) is 12.2 Å². The molecular formula is C12H14FN3O2S2. The zero-order valence-electron chi connectivity index (χ0n) is 10.8. The van der Waals surface area contributed by atoms with Crippen LogP contribution in [0.3, 0.4) is 0 Å². The van der Waals surface area contributed by atoms with Crippen molar-refractivity contribution in [3.05, 3.63) is 40.1 Å². The molecule has 0 aliphatic rings. The Bertz CT molecular complexity index is 713. The molecule has 0 saturated heterocycles. The quantitative estimate of drug-likeness (QED) is 0.825. The average molecular weight is 315 g/mol. The first-order valence-electron chi connectivity index (χ1n) is 5.91. The van der Waals surface area contributed by atoms with E-state index in [1.165, 1.54) is 23.5 Å². The number of aromatic nitrogens is 1. The summed E-state index contributed by atoms with van der Waals surface area (Å²) >= 11 is 1.43. The van der Waals surface area contributed by atoms with Crippen LogP contribution in [-0.2, 0) is 23.0 Å². The number of benzene rings is 1. The normalized spacial score (nSPS) is 11.7. The SMILES string of the molecule is CCc1cnc(CNS(=O)(=O)c2cccc(F)c2N)s1. The van der Waals surface area contributed by atoms with Crippen molar-refractivity contribution in [3.8, 4) is 0 Å². The predicted molar refractivity (Wildman–Crippen MR) is 76.3 cm³/mol. The Morgan fingerprint density at radius 3 is 2.85 bits per heavy atom. The fourth-order valence-electron chi connectivity index (χ4n) is 1.58. The van der Waals surface area contributed by atoms with Crippen LogP contribution < -0.4 is 10.5 Å². The van der Waals surface area contributed by atoms with E-state index in [9.17, 15) is 12.8 Å². The summed E-state index contributed by atoms with van der Waals surface area (Å²) in [5.41, 5.74) is 5.08. The average Bonchev–Trinajstić information content (AvgIpc) is 2.87. The molecule has 1 aromatic carbocycles. The molecule has 0 aliphatic carbocycles. The molecule has 0 bridgehead atoms. The minimum Gasteiger partial charge on any atom is -0.395 e. The largest absolute Gasteiger partial charge is 0.395 e. The van der Waals surface area contributed by atoms with Crippen LogP contribution in [0, 0.1) is 5.82 Å². The minimum absolute atomic E-state index is 0.0585. The molecule has 0 aliphatic heterocycles. The first-order valence-corrected chi connectivity index (χ1v) is 8.21. The first-order chi connectivity index (χ1) is 9.44. The molecule has 0 saturated carbocycles. The highest BCUT2D eigenvalue weighted by atomic mass is 32.2. The third kappa shape index (κ3) is 3.14. The molecule has 0 radical (unpaired) electrons. The van der Waals surface area contributed by atoms with E-state index in [1.54, 1.807) is 6.20 Å². The van der Waals surface area contributed by atoms with Crippen molar-refractivity contribution in [1.29, 1.82) is 0 Å². The van der Waals surface area contributed by atoms with Crippen LogP contribution in [0.25, 0.3) is 0 Å². The van der Waals surface area contributed by atoms with Crippen LogP contribution in [0.15, 0.2) is 29.3 Å². The lowest BCUT2D eigenvalue weighted by molar-refractivity contribution is 0.578. The van der Waals surface area contributed by atoms with Crippen LogP contribution in [0.2, 0.25) is 0 Å². The van der Waals surface area contributed by atoms with E-state index < -0.39 is 15.8 Å². The lowest BCUT2D eigenvalue weighted by atomic mass is 10.3. The van der Waals surface area contributed by atoms with Gasteiger partial charge in [-0.25, -0.2) is 22.5 Å². The molecule has 108 valence electrons. The molecule has 0 unspecified atom stereocenters. The first kappa shape index (κ1) is 14.9. The van der Waals surface area contributed by atoms with Crippen molar-refractivity contribution in [3.63, 3.8) is 0 Å². The number of hydrogen-bond acceptors (Lipinski definition) is 5. The zero-order chi connectivity index (χ0) is 14.8. The third-order valence-electron chi connectivity index (χ3n) is 2.67. The number of anilines is 1. The van der Waals surface area contributed by atoms with Gasteiger partial charge < -0.3 is 5.73 Å². The maximum absolute atomic E-state index is 13.3. The van der Waals surface area contributed by atoms with Gasteiger partial charge in [-0.1, -0.05) is 13.0 Å². The number of sulfonamides is 1. The maximum atomic E-state index is 13.3. The molecule has 0 amide bonds. The lowest BCUT2D eigenvalue weighted by Crippen LogP contribution is -2.24. The molecule has 3 N–H and O–H groups in total. The van der Waals surface area contributed by atoms with E-state index >= 15 is 0 Å². The fourth-order valence-corrected chi connectivity index (χ4v) is 3.60. The van der Waals surface area contributed by atoms with Gasteiger partial charge in [0.2, 0.25) is 10.0 Å². The highest BCUT2D eigenvalue weighted by Gasteiger charge is 2.19. The molecule has 2 aromatic rings. The van der Waals surface area contributed by atoms with E-state index in [-0.39, 0.29) is 17.1 Å². The predicted octanol–water partition coefficient (Wildman–Crippen LogP) is 1.91. The molecule has 1 aromatic heterocycles. The van der Waals surface area contributed by atoms with Gasteiger partial charge in [-0.3, -0.25) is 0 Å². The molecule has 5 nitrogen and oxygen atoms in total. The monoisotopic (exact) mass is 315 g/mol. The van der Waals surface area contributed by atoms with Crippen molar-refractivity contribution in [2.75, 3.05) is 5.73 Å². The number of nitrogens with zero attached hydrogens (tertiary/aromatic N) is 1. The summed E-state index contributed by atoms with van der Waals surface area (Å²) in [7, 11) is -3.86. The summed E-state index contributed by atoms with van der Waals surface area (Å²) in [6.45, 7) is 2.05. The second-order valence-corrected chi connectivity index (χ2v) is 6.99. The second kappa shape index (κ2) is 5.86. The smallest absolute Gasteiger partial charge is 0.243 e. The summed E-state index contributed by atoms with van der Waals surface area (Å²) in [6.07, 6.45) is 2.56. The van der Waals surface area contributed by atoms with Crippen molar-refractivity contribution in [2.24, 2.45) is 0 Å². The Kier molecular flexibility index (Phi) is 4.36. The number of halogens is 1. The van der Waals surface area contributed by atoms with Gasteiger partial charge in [0, 0.05) is 11.1 Å². The Labute approximate surface area is 120 Å². The Morgan fingerprint density at radius 2 is 2.20 bits per heavy atom. The van der Waals surface area contributed by atoms with E-state index in [2.05, 4.69) is 9.71 Å². The highest BCUT2D eigenvalue weighted by Crippen LogP contribution is 2.21. The number of hydrogen-bond donors (Lipinski definition) is 2. The van der Waals surface area contributed by atoms with Gasteiger partial charge in [-0.15, -0.1) is 11.3 Å². The van der Waals surface area contributed by atoms with E-state index in [0.717, 1.165) is 17.4 Å². The molecule has 8 heteroatoms. The third-order valence-corrected chi connectivity index (χ3v) is 5.27. The fraction of sp³-hybridized carbons (Fsp3) is 0.250. The summed E-state index contributed by atoms with van der Waals surface area (Å²) in [5, 5.41) is 0.653. The zero-order valence-corrected chi connectivity index (χ0v) is 12.4. The van der Waals surface area contributed by atoms with E-state index in [1.807, 2.05) is 6.92 Å². The van der Waals surface area contributed by atoms with Gasteiger partial charge in [-0.2, -0.15) is 0 Å². The van der Waals surface area contributed by atoms with Crippen LogP contribution in [0.1, 0.15) is 16.8 Å². The summed E-state index contributed by atoms with van der Waals surface area (Å²) in [4.78, 5) is 4.92. The Balaban J connectivity index is 2.17. The summed E-state index contributed by atoms with van der Waals surface area (Å²) < 4.78 is 39.8. The molecule has 2 rings (SSSR count). The van der Waals surface area contributed by atoms with Crippen LogP contribution in [-0.4, -0.2) is 13.4 Å². The topological polar surface area (TPSA) is 85.1 Å². The number of nitrogens with one attached hydrogen (secondary N) is 1.